The van der Waals surface area contributed by atoms with Gasteiger partial charge in [-0.25, -0.2) is 0 Å². The fourth-order valence-electron chi connectivity index (χ4n) is 2.47. The van der Waals surface area contributed by atoms with Crippen LogP contribution < -0.4 is 5.73 Å². The minimum atomic E-state index is 0.150. The van der Waals surface area contributed by atoms with E-state index in [0.29, 0.717) is 5.78 Å². The van der Waals surface area contributed by atoms with Crippen molar-refractivity contribution in [2.45, 2.75) is 70.8 Å². The summed E-state index contributed by atoms with van der Waals surface area (Å²) >= 11 is 0. The Hall–Kier alpha value is -0.370. The third-order valence-electron chi connectivity index (χ3n) is 3.51. The lowest BCUT2D eigenvalue weighted by Crippen LogP contribution is -2.37. The van der Waals surface area contributed by atoms with Gasteiger partial charge < -0.3 is 5.73 Å². The summed E-state index contributed by atoms with van der Waals surface area (Å²) in [6.45, 7) is 2.19. The molecule has 2 atom stereocenters. The monoisotopic (exact) mass is 211 g/mol. The Balaban J connectivity index is 2.20. The van der Waals surface area contributed by atoms with E-state index in [-0.39, 0.29) is 12.0 Å². The van der Waals surface area contributed by atoms with Gasteiger partial charge in [0.25, 0.3) is 0 Å². The smallest absolute Gasteiger partial charge is 0.137 e. The molecule has 0 amide bonds. The maximum absolute atomic E-state index is 11.9. The lowest BCUT2D eigenvalue weighted by atomic mass is 9.81. The molecule has 1 rings (SSSR count). The molecule has 2 N–H and O–H groups in total. The second-order valence-corrected chi connectivity index (χ2v) is 4.83. The highest BCUT2D eigenvalue weighted by molar-refractivity contribution is 5.81. The standard InChI is InChI=1S/C13H25NO/c1-2-3-4-5-10-13(15)11-8-6-7-9-12(11)14/h11-12H,2-10,14H2,1H3. The second-order valence-electron chi connectivity index (χ2n) is 4.83. The molecule has 0 aromatic heterocycles. The summed E-state index contributed by atoms with van der Waals surface area (Å²) in [7, 11) is 0. The van der Waals surface area contributed by atoms with Crippen LogP contribution in [0.4, 0.5) is 0 Å². The Morgan fingerprint density at radius 2 is 1.93 bits per heavy atom. The molecule has 15 heavy (non-hydrogen) atoms. The molecular weight excluding hydrogens is 186 g/mol. The summed E-state index contributed by atoms with van der Waals surface area (Å²) < 4.78 is 0. The van der Waals surface area contributed by atoms with Gasteiger partial charge in [0.05, 0.1) is 0 Å². The second kappa shape index (κ2) is 7.00. The average Bonchev–Trinajstić information content (AvgIpc) is 2.25. The zero-order valence-electron chi connectivity index (χ0n) is 10.0. The summed E-state index contributed by atoms with van der Waals surface area (Å²) in [6.07, 6.45) is 10.00. The van der Waals surface area contributed by atoms with Crippen LogP contribution >= 0.6 is 0 Å². The van der Waals surface area contributed by atoms with Crippen molar-refractivity contribution in [2.75, 3.05) is 0 Å². The first-order valence-corrected chi connectivity index (χ1v) is 6.54. The quantitative estimate of drug-likeness (QED) is 0.686. The zero-order chi connectivity index (χ0) is 11.1. The summed E-state index contributed by atoms with van der Waals surface area (Å²) in [5.41, 5.74) is 5.99. The molecule has 1 fully saturated rings. The van der Waals surface area contributed by atoms with Crippen molar-refractivity contribution in [3.63, 3.8) is 0 Å². The fourth-order valence-corrected chi connectivity index (χ4v) is 2.47. The van der Waals surface area contributed by atoms with E-state index in [0.717, 1.165) is 25.7 Å². The van der Waals surface area contributed by atoms with E-state index >= 15 is 0 Å². The van der Waals surface area contributed by atoms with E-state index in [2.05, 4.69) is 6.92 Å². The van der Waals surface area contributed by atoms with Crippen LogP contribution in [0.5, 0.6) is 0 Å². The maximum Gasteiger partial charge on any atom is 0.137 e. The van der Waals surface area contributed by atoms with Crippen LogP contribution in [0.2, 0.25) is 0 Å². The molecule has 2 unspecified atom stereocenters. The van der Waals surface area contributed by atoms with Crippen molar-refractivity contribution in [3.05, 3.63) is 0 Å². The van der Waals surface area contributed by atoms with E-state index in [1.807, 2.05) is 0 Å². The number of rotatable bonds is 6. The van der Waals surface area contributed by atoms with Crippen molar-refractivity contribution in [1.82, 2.24) is 0 Å². The van der Waals surface area contributed by atoms with Crippen molar-refractivity contribution < 1.29 is 4.79 Å². The third-order valence-corrected chi connectivity index (χ3v) is 3.51. The molecule has 1 aliphatic rings. The Bertz CT molecular complexity index is 191. The van der Waals surface area contributed by atoms with Gasteiger partial charge >= 0.3 is 0 Å². The van der Waals surface area contributed by atoms with Gasteiger partial charge in [-0.15, -0.1) is 0 Å². The highest BCUT2D eigenvalue weighted by Gasteiger charge is 2.27. The molecule has 2 nitrogen and oxygen atoms in total. The molecule has 0 heterocycles. The minimum Gasteiger partial charge on any atom is -0.327 e. The Kier molecular flexibility index (Phi) is 5.92. The molecule has 2 heteroatoms. The van der Waals surface area contributed by atoms with Crippen molar-refractivity contribution in [3.8, 4) is 0 Å². The summed E-state index contributed by atoms with van der Waals surface area (Å²) in [4.78, 5) is 11.9. The van der Waals surface area contributed by atoms with Crippen LogP contribution in [-0.2, 0) is 4.79 Å². The highest BCUT2D eigenvalue weighted by Crippen LogP contribution is 2.25. The van der Waals surface area contributed by atoms with Gasteiger partial charge in [-0.1, -0.05) is 39.0 Å². The SMILES string of the molecule is CCCCCCC(=O)C1CCCCC1N. The van der Waals surface area contributed by atoms with Crippen LogP contribution in [0.15, 0.2) is 0 Å². The van der Waals surface area contributed by atoms with Crippen LogP contribution in [0.3, 0.4) is 0 Å². The fraction of sp³-hybridized carbons (Fsp3) is 0.923. The van der Waals surface area contributed by atoms with Gasteiger partial charge in [0.15, 0.2) is 0 Å². The van der Waals surface area contributed by atoms with Crippen molar-refractivity contribution in [2.24, 2.45) is 11.7 Å². The van der Waals surface area contributed by atoms with Gasteiger partial charge in [-0.3, -0.25) is 4.79 Å². The molecule has 0 aromatic carbocycles. The number of hydrogen-bond acceptors (Lipinski definition) is 2. The highest BCUT2D eigenvalue weighted by atomic mass is 16.1. The average molecular weight is 211 g/mol. The van der Waals surface area contributed by atoms with E-state index in [1.54, 1.807) is 0 Å². The Morgan fingerprint density at radius 3 is 2.60 bits per heavy atom. The molecule has 1 aliphatic carbocycles. The third kappa shape index (κ3) is 4.33. The maximum atomic E-state index is 11.9. The molecule has 0 aliphatic heterocycles. The first kappa shape index (κ1) is 12.7. The number of ketones is 1. The number of Topliss-reactive ketones (excluding diaryl/α,β-unsaturated/α-hetero) is 1. The van der Waals surface area contributed by atoms with Crippen LogP contribution in [0.25, 0.3) is 0 Å². The van der Waals surface area contributed by atoms with E-state index in [9.17, 15) is 4.79 Å². The van der Waals surface area contributed by atoms with Gasteiger partial charge in [-0.2, -0.15) is 0 Å². The van der Waals surface area contributed by atoms with Gasteiger partial charge in [0.2, 0.25) is 0 Å². The predicted molar refractivity (Wildman–Crippen MR) is 63.7 cm³/mol. The minimum absolute atomic E-state index is 0.150. The van der Waals surface area contributed by atoms with Crippen LogP contribution in [-0.4, -0.2) is 11.8 Å². The van der Waals surface area contributed by atoms with Gasteiger partial charge in [-0.05, 0) is 19.3 Å². The molecule has 0 bridgehead atoms. The number of nitrogens with two attached hydrogens (primary N) is 1. The normalized spacial score (nSPS) is 26.5. The molecule has 1 saturated carbocycles. The van der Waals surface area contributed by atoms with E-state index in [4.69, 9.17) is 5.73 Å². The number of carbonyl (C=O) groups is 1. The molecule has 0 saturated heterocycles. The molecule has 0 aromatic rings. The Labute approximate surface area is 93.6 Å². The zero-order valence-corrected chi connectivity index (χ0v) is 10.0. The summed E-state index contributed by atoms with van der Waals surface area (Å²) in [5.74, 6) is 0.610. The molecule has 88 valence electrons. The van der Waals surface area contributed by atoms with Crippen molar-refractivity contribution in [1.29, 1.82) is 0 Å². The van der Waals surface area contributed by atoms with Gasteiger partial charge in [0, 0.05) is 18.4 Å². The molecule has 0 radical (unpaired) electrons. The molecule has 0 spiro atoms. The number of carbonyl (C=O) groups excluding carboxylic acids is 1. The number of unbranched alkanes of at least 4 members (excludes halogenated alkanes) is 3. The molecular formula is C13H25NO. The Morgan fingerprint density at radius 1 is 1.20 bits per heavy atom. The topological polar surface area (TPSA) is 43.1 Å². The van der Waals surface area contributed by atoms with Crippen molar-refractivity contribution >= 4 is 5.78 Å². The summed E-state index contributed by atoms with van der Waals surface area (Å²) in [6, 6.07) is 0.150. The lowest BCUT2D eigenvalue weighted by molar-refractivity contribution is -0.124. The first-order valence-electron chi connectivity index (χ1n) is 6.54. The van der Waals surface area contributed by atoms with Gasteiger partial charge in [0.1, 0.15) is 5.78 Å². The lowest BCUT2D eigenvalue weighted by Gasteiger charge is -2.27. The van der Waals surface area contributed by atoms with Crippen LogP contribution in [0.1, 0.15) is 64.7 Å². The van der Waals surface area contributed by atoms with Crippen LogP contribution in [0, 0.1) is 5.92 Å². The first-order chi connectivity index (χ1) is 7.25. The van der Waals surface area contributed by atoms with E-state index < -0.39 is 0 Å². The predicted octanol–water partition coefficient (Wildman–Crippen LogP) is 3.04. The van der Waals surface area contributed by atoms with E-state index in [1.165, 1.54) is 32.1 Å². The number of hydrogen-bond donors (Lipinski definition) is 1. The largest absolute Gasteiger partial charge is 0.327 e. The summed E-state index contributed by atoms with van der Waals surface area (Å²) in [5, 5.41) is 0.